The molecule has 0 atom stereocenters. The van der Waals surface area contributed by atoms with E-state index in [1.807, 2.05) is 0 Å². The first-order valence-corrected chi connectivity index (χ1v) is 8.22. The van der Waals surface area contributed by atoms with Crippen LogP contribution in [0, 0.1) is 10.1 Å². The number of hydrogen-bond acceptors (Lipinski definition) is 5. The number of rotatable bonds is 11. The van der Waals surface area contributed by atoms with Crippen molar-refractivity contribution in [3.63, 3.8) is 0 Å². The zero-order valence-corrected chi connectivity index (χ0v) is 15.2. The van der Waals surface area contributed by atoms with Crippen LogP contribution >= 0.6 is 12.4 Å². The number of nitro benzene ring substituents is 1. The highest BCUT2D eigenvalue weighted by Gasteiger charge is 2.11. The van der Waals surface area contributed by atoms with Gasteiger partial charge in [-0.3, -0.25) is 15.0 Å². The summed E-state index contributed by atoms with van der Waals surface area (Å²) < 4.78 is 5.27. The minimum absolute atomic E-state index is 0. The first-order chi connectivity index (χ1) is 11.1. The Morgan fingerprint density at radius 2 is 1.62 bits per heavy atom. The van der Waals surface area contributed by atoms with Gasteiger partial charge in [0.05, 0.1) is 10.5 Å². The summed E-state index contributed by atoms with van der Waals surface area (Å²) in [5.41, 5.74) is 0.302. The van der Waals surface area contributed by atoms with E-state index in [4.69, 9.17) is 4.74 Å². The molecule has 136 valence electrons. The van der Waals surface area contributed by atoms with Crippen LogP contribution in [0.3, 0.4) is 0 Å². The van der Waals surface area contributed by atoms with E-state index in [9.17, 15) is 14.9 Å². The lowest BCUT2D eigenvalue weighted by Crippen LogP contribution is -2.30. The summed E-state index contributed by atoms with van der Waals surface area (Å²) in [6.07, 6.45) is 4.57. The topological polar surface area (TPSA) is 72.7 Å². The molecule has 0 N–H and O–H groups in total. The van der Waals surface area contributed by atoms with Crippen LogP contribution in [0.25, 0.3) is 0 Å². The molecule has 1 rings (SSSR count). The van der Waals surface area contributed by atoms with E-state index < -0.39 is 10.9 Å². The summed E-state index contributed by atoms with van der Waals surface area (Å²) >= 11 is 0. The van der Waals surface area contributed by atoms with E-state index in [-0.39, 0.29) is 18.1 Å². The van der Waals surface area contributed by atoms with Crippen molar-refractivity contribution in [2.75, 3.05) is 26.2 Å². The average Bonchev–Trinajstić information content (AvgIpc) is 2.56. The van der Waals surface area contributed by atoms with Gasteiger partial charge in [-0.05, 0) is 38.1 Å². The molecule has 0 saturated carbocycles. The van der Waals surface area contributed by atoms with Crippen molar-refractivity contribution in [2.45, 2.75) is 39.5 Å². The average molecular weight is 359 g/mol. The largest absolute Gasteiger partial charge is 0.461 e. The minimum atomic E-state index is -0.492. The van der Waals surface area contributed by atoms with Gasteiger partial charge in [-0.2, -0.15) is 0 Å². The van der Waals surface area contributed by atoms with E-state index in [0.29, 0.717) is 12.2 Å². The summed E-state index contributed by atoms with van der Waals surface area (Å²) in [4.78, 5) is 24.3. The summed E-state index contributed by atoms with van der Waals surface area (Å²) in [7, 11) is 0. The van der Waals surface area contributed by atoms with Crippen LogP contribution in [0.4, 0.5) is 5.69 Å². The first-order valence-electron chi connectivity index (χ1n) is 8.22. The Balaban J connectivity index is 0.00000529. The number of halogens is 1. The van der Waals surface area contributed by atoms with Crippen LogP contribution in [-0.4, -0.2) is 42.0 Å². The molecule has 0 aliphatic rings. The fraction of sp³-hybridized carbons (Fsp3) is 0.588. The molecule has 0 bridgehead atoms. The van der Waals surface area contributed by atoms with Crippen LogP contribution < -0.4 is 0 Å². The van der Waals surface area contributed by atoms with Crippen LogP contribution in [0.5, 0.6) is 0 Å². The molecule has 0 amide bonds. The molecule has 0 spiro atoms. The monoisotopic (exact) mass is 358 g/mol. The third kappa shape index (κ3) is 8.26. The lowest BCUT2D eigenvalue weighted by molar-refractivity contribution is -0.384. The van der Waals surface area contributed by atoms with Gasteiger partial charge >= 0.3 is 5.97 Å². The lowest BCUT2D eigenvalue weighted by Gasteiger charge is -2.21. The van der Waals surface area contributed by atoms with E-state index in [0.717, 1.165) is 45.3 Å². The third-order valence-corrected chi connectivity index (χ3v) is 3.61. The molecule has 7 heteroatoms. The van der Waals surface area contributed by atoms with Crippen molar-refractivity contribution in [2.24, 2.45) is 0 Å². The normalized spacial score (nSPS) is 10.3. The van der Waals surface area contributed by atoms with Gasteiger partial charge in [0.15, 0.2) is 0 Å². The molecule has 0 radical (unpaired) electrons. The Morgan fingerprint density at radius 1 is 1.08 bits per heavy atom. The molecule has 0 unspecified atom stereocenters. The van der Waals surface area contributed by atoms with Crippen LogP contribution in [0.2, 0.25) is 0 Å². The third-order valence-electron chi connectivity index (χ3n) is 3.61. The summed E-state index contributed by atoms with van der Waals surface area (Å²) in [6, 6.07) is 5.47. The minimum Gasteiger partial charge on any atom is -0.461 e. The number of nitro groups is 1. The fourth-order valence-electron chi connectivity index (χ4n) is 2.17. The van der Waals surface area contributed by atoms with Gasteiger partial charge in [-0.1, -0.05) is 26.7 Å². The number of carbonyl (C=O) groups is 1. The SMILES string of the molecule is CCCCN(CCCC)CCOC(=O)c1ccc([N+](=O)[O-])cc1.Cl. The maximum absolute atomic E-state index is 11.9. The van der Waals surface area contributed by atoms with Crippen LogP contribution in [0.1, 0.15) is 49.9 Å². The van der Waals surface area contributed by atoms with Gasteiger partial charge in [-0.15, -0.1) is 12.4 Å². The second-order valence-corrected chi connectivity index (χ2v) is 5.49. The van der Waals surface area contributed by atoms with Crippen molar-refractivity contribution in [1.29, 1.82) is 0 Å². The Kier molecular flexibility index (Phi) is 11.8. The number of nitrogens with zero attached hydrogens (tertiary/aromatic N) is 2. The number of benzene rings is 1. The lowest BCUT2D eigenvalue weighted by atomic mass is 10.2. The maximum Gasteiger partial charge on any atom is 0.338 e. The molecule has 6 nitrogen and oxygen atoms in total. The van der Waals surface area contributed by atoms with E-state index >= 15 is 0 Å². The molecule has 0 aliphatic carbocycles. The number of carbonyl (C=O) groups excluding carboxylic acids is 1. The fourth-order valence-corrected chi connectivity index (χ4v) is 2.17. The molecule has 1 aromatic rings. The Morgan fingerprint density at radius 3 is 2.08 bits per heavy atom. The summed E-state index contributed by atoms with van der Waals surface area (Å²) in [5, 5.41) is 10.6. The van der Waals surface area contributed by atoms with Gasteiger partial charge in [0, 0.05) is 18.7 Å². The predicted octanol–water partition coefficient (Wildman–Crippen LogP) is 4.08. The molecular weight excluding hydrogens is 332 g/mol. The van der Waals surface area contributed by atoms with Crippen LogP contribution in [-0.2, 0) is 4.74 Å². The molecule has 0 aliphatic heterocycles. The van der Waals surface area contributed by atoms with Crippen molar-refractivity contribution < 1.29 is 14.5 Å². The number of unbranched alkanes of at least 4 members (excludes halogenated alkanes) is 2. The summed E-state index contributed by atoms with van der Waals surface area (Å²) in [6.45, 7) is 7.42. The van der Waals surface area contributed by atoms with Gasteiger partial charge in [0.2, 0.25) is 0 Å². The first kappa shape index (κ1) is 22.3. The Labute approximate surface area is 149 Å². The van der Waals surface area contributed by atoms with Crippen LogP contribution in [0.15, 0.2) is 24.3 Å². The van der Waals surface area contributed by atoms with Gasteiger partial charge in [0.25, 0.3) is 5.69 Å². The predicted molar refractivity (Wildman–Crippen MR) is 96.9 cm³/mol. The molecule has 0 saturated heterocycles. The smallest absolute Gasteiger partial charge is 0.338 e. The van der Waals surface area contributed by atoms with Gasteiger partial charge < -0.3 is 4.74 Å². The molecular formula is C17H27ClN2O4. The molecule has 1 aromatic carbocycles. The highest BCUT2D eigenvalue weighted by Crippen LogP contribution is 2.12. The number of ether oxygens (including phenoxy) is 1. The highest BCUT2D eigenvalue weighted by molar-refractivity contribution is 5.89. The second kappa shape index (κ2) is 12.7. The molecule has 0 heterocycles. The maximum atomic E-state index is 11.9. The molecule has 0 fully saturated rings. The zero-order chi connectivity index (χ0) is 17.1. The van der Waals surface area contributed by atoms with Crippen molar-refractivity contribution >= 4 is 24.1 Å². The molecule has 0 aromatic heterocycles. The van der Waals surface area contributed by atoms with Crippen molar-refractivity contribution in [3.05, 3.63) is 39.9 Å². The molecule has 24 heavy (non-hydrogen) atoms. The standard InChI is InChI=1S/C17H26N2O4.ClH/c1-3-5-11-18(12-6-4-2)13-14-23-17(20)15-7-9-16(10-8-15)19(21)22;/h7-10H,3-6,11-14H2,1-2H3;1H. The van der Waals surface area contributed by atoms with E-state index in [2.05, 4.69) is 18.7 Å². The van der Waals surface area contributed by atoms with Crippen molar-refractivity contribution in [3.8, 4) is 0 Å². The van der Waals surface area contributed by atoms with E-state index in [1.165, 1.54) is 24.3 Å². The quantitative estimate of drug-likeness (QED) is 0.338. The number of hydrogen-bond donors (Lipinski definition) is 0. The summed E-state index contributed by atoms with van der Waals surface area (Å²) in [5.74, 6) is -0.439. The second-order valence-electron chi connectivity index (χ2n) is 5.49. The Hall–Kier alpha value is -1.66. The Bertz CT molecular complexity index is 486. The van der Waals surface area contributed by atoms with Gasteiger partial charge in [0.1, 0.15) is 6.61 Å². The van der Waals surface area contributed by atoms with Gasteiger partial charge in [-0.25, -0.2) is 4.79 Å². The van der Waals surface area contributed by atoms with E-state index in [1.54, 1.807) is 0 Å². The number of esters is 1. The highest BCUT2D eigenvalue weighted by atomic mass is 35.5. The zero-order valence-electron chi connectivity index (χ0n) is 14.4. The number of non-ortho nitro benzene ring substituents is 1. The van der Waals surface area contributed by atoms with Crippen molar-refractivity contribution in [1.82, 2.24) is 4.90 Å².